The molecular formula is C37H22N2O2S. The molecule has 0 fully saturated rings. The lowest BCUT2D eigenvalue weighted by Crippen LogP contribution is -2.09. The van der Waals surface area contributed by atoms with Crippen LogP contribution in [-0.2, 0) is 0 Å². The van der Waals surface area contributed by atoms with Crippen LogP contribution in [0.15, 0.2) is 142 Å². The maximum atomic E-state index is 6.28. The molecule has 0 aliphatic heterocycles. The first-order valence-corrected chi connectivity index (χ1v) is 14.7. The van der Waals surface area contributed by atoms with Crippen LogP contribution in [0.4, 0.5) is 17.1 Å². The summed E-state index contributed by atoms with van der Waals surface area (Å²) in [6.45, 7) is 0. The SMILES string of the molecule is c1ccc(N(c2ccc3c(c2)oc2ccccc23)c2ccc3sc4cccc(-c5nc6ccccc6o5)c4c3c2)cc1. The van der Waals surface area contributed by atoms with Crippen molar-refractivity contribution in [3.63, 3.8) is 0 Å². The topological polar surface area (TPSA) is 42.4 Å². The number of thiophene rings is 1. The largest absolute Gasteiger partial charge is 0.456 e. The molecule has 0 unspecified atom stereocenters. The maximum Gasteiger partial charge on any atom is 0.227 e. The van der Waals surface area contributed by atoms with Crippen LogP contribution in [0.1, 0.15) is 0 Å². The Morgan fingerprint density at radius 1 is 0.500 bits per heavy atom. The summed E-state index contributed by atoms with van der Waals surface area (Å²) in [5.74, 6) is 0.641. The zero-order chi connectivity index (χ0) is 27.6. The highest BCUT2D eigenvalue weighted by atomic mass is 32.1. The zero-order valence-corrected chi connectivity index (χ0v) is 23.1. The molecule has 0 aliphatic carbocycles. The summed E-state index contributed by atoms with van der Waals surface area (Å²) in [5, 5.41) is 4.58. The molecule has 3 heterocycles. The Balaban J connectivity index is 1.26. The fraction of sp³-hybridized carbons (Fsp3) is 0. The molecule has 5 heteroatoms. The number of oxazole rings is 1. The van der Waals surface area contributed by atoms with Crippen LogP contribution >= 0.6 is 11.3 Å². The Hall–Kier alpha value is -5.39. The predicted octanol–water partition coefficient (Wildman–Crippen LogP) is 11.2. The Kier molecular flexibility index (Phi) is 5.03. The molecule has 0 atom stereocenters. The lowest BCUT2D eigenvalue weighted by molar-refractivity contribution is 0.620. The summed E-state index contributed by atoms with van der Waals surface area (Å²) in [7, 11) is 0. The van der Waals surface area contributed by atoms with Gasteiger partial charge in [-0.05, 0) is 72.8 Å². The number of hydrogen-bond acceptors (Lipinski definition) is 5. The van der Waals surface area contributed by atoms with Gasteiger partial charge in [0.15, 0.2) is 5.58 Å². The number of fused-ring (bicyclic) bond motifs is 7. The molecule has 0 spiro atoms. The average Bonchev–Trinajstić information content (AvgIpc) is 3.74. The Morgan fingerprint density at radius 3 is 2.17 bits per heavy atom. The van der Waals surface area contributed by atoms with Crippen LogP contribution in [0.25, 0.3) is 64.7 Å². The summed E-state index contributed by atoms with van der Waals surface area (Å²) < 4.78 is 14.9. The molecule has 0 amide bonds. The molecule has 9 rings (SSSR count). The van der Waals surface area contributed by atoms with E-state index in [1.54, 1.807) is 11.3 Å². The monoisotopic (exact) mass is 558 g/mol. The van der Waals surface area contributed by atoms with Crippen LogP contribution in [0, 0.1) is 0 Å². The van der Waals surface area contributed by atoms with Crippen LogP contribution in [0.5, 0.6) is 0 Å². The predicted molar refractivity (Wildman–Crippen MR) is 174 cm³/mol. The fourth-order valence-electron chi connectivity index (χ4n) is 6.00. The van der Waals surface area contributed by atoms with Gasteiger partial charge >= 0.3 is 0 Å². The average molecular weight is 559 g/mol. The van der Waals surface area contributed by atoms with Crippen LogP contribution < -0.4 is 4.90 Å². The number of para-hydroxylation sites is 4. The minimum atomic E-state index is 0.641. The van der Waals surface area contributed by atoms with E-state index >= 15 is 0 Å². The number of hydrogen-bond donors (Lipinski definition) is 0. The van der Waals surface area contributed by atoms with E-state index in [1.165, 1.54) is 14.8 Å². The van der Waals surface area contributed by atoms with Gasteiger partial charge in [-0.15, -0.1) is 11.3 Å². The van der Waals surface area contributed by atoms with E-state index in [0.29, 0.717) is 5.89 Å². The van der Waals surface area contributed by atoms with Crippen molar-refractivity contribution in [3.05, 3.63) is 133 Å². The Morgan fingerprint density at radius 2 is 1.26 bits per heavy atom. The van der Waals surface area contributed by atoms with Gasteiger partial charge in [-0.25, -0.2) is 4.98 Å². The molecule has 0 saturated heterocycles. The second-order valence-electron chi connectivity index (χ2n) is 10.4. The standard InChI is InChI=1S/C37H22N2O2S/c1-2-9-23(10-3-1)39(25-17-19-27-26-11-4-6-14-31(26)40-33(27)22-25)24-18-20-34-29(21-24)36-28(12-8-16-35(36)42-34)37-38-30-13-5-7-15-32(30)41-37/h1-22H. The third-order valence-electron chi connectivity index (χ3n) is 7.90. The first-order valence-electron chi connectivity index (χ1n) is 13.9. The van der Waals surface area contributed by atoms with Gasteiger partial charge < -0.3 is 13.7 Å². The highest BCUT2D eigenvalue weighted by molar-refractivity contribution is 7.26. The molecule has 0 aliphatic rings. The van der Waals surface area contributed by atoms with Crippen molar-refractivity contribution in [2.75, 3.05) is 4.90 Å². The number of anilines is 3. The van der Waals surface area contributed by atoms with E-state index in [0.717, 1.165) is 61.1 Å². The number of rotatable bonds is 4. The van der Waals surface area contributed by atoms with E-state index in [-0.39, 0.29) is 0 Å². The third-order valence-corrected chi connectivity index (χ3v) is 9.03. The van der Waals surface area contributed by atoms with E-state index in [9.17, 15) is 0 Å². The van der Waals surface area contributed by atoms with Crippen molar-refractivity contribution < 1.29 is 8.83 Å². The number of benzene rings is 6. The van der Waals surface area contributed by atoms with Crippen molar-refractivity contribution in [2.24, 2.45) is 0 Å². The molecule has 9 aromatic rings. The molecule has 198 valence electrons. The molecule has 3 aromatic heterocycles. The Bertz CT molecular complexity index is 2400. The quantitative estimate of drug-likeness (QED) is 0.215. The highest BCUT2D eigenvalue weighted by Gasteiger charge is 2.19. The number of furan rings is 1. The van der Waals surface area contributed by atoms with Gasteiger partial charge in [-0.2, -0.15) is 0 Å². The second kappa shape index (κ2) is 9.06. The molecule has 0 radical (unpaired) electrons. The number of aromatic nitrogens is 1. The summed E-state index contributed by atoms with van der Waals surface area (Å²) >= 11 is 1.79. The van der Waals surface area contributed by atoms with Crippen LogP contribution in [0.3, 0.4) is 0 Å². The Labute approximate surface area is 244 Å². The van der Waals surface area contributed by atoms with Gasteiger partial charge in [0.05, 0.1) is 0 Å². The summed E-state index contributed by atoms with van der Waals surface area (Å²) in [4.78, 5) is 7.13. The third kappa shape index (κ3) is 3.57. The van der Waals surface area contributed by atoms with Crippen molar-refractivity contribution >= 4 is 81.6 Å². The van der Waals surface area contributed by atoms with Crippen molar-refractivity contribution in [3.8, 4) is 11.5 Å². The smallest absolute Gasteiger partial charge is 0.227 e. The summed E-state index contributed by atoms with van der Waals surface area (Å²) in [6.07, 6.45) is 0. The van der Waals surface area contributed by atoms with E-state index < -0.39 is 0 Å². The molecule has 0 N–H and O–H groups in total. The summed E-state index contributed by atoms with van der Waals surface area (Å²) in [5.41, 5.74) is 7.60. The van der Waals surface area contributed by atoms with Crippen molar-refractivity contribution in [1.29, 1.82) is 0 Å². The lowest BCUT2D eigenvalue weighted by atomic mass is 10.0. The fourth-order valence-corrected chi connectivity index (χ4v) is 7.11. The van der Waals surface area contributed by atoms with Crippen molar-refractivity contribution in [2.45, 2.75) is 0 Å². The first-order chi connectivity index (χ1) is 20.8. The second-order valence-corrected chi connectivity index (χ2v) is 11.5. The lowest BCUT2D eigenvalue weighted by Gasteiger charge is -2.25. The van der Waals surface area contributed by atoms with Gasteiger partial charge in [0, 0.05) is 59.6 Å². The molecule has 6 aromatic carbocycles. The van der Waals surface area contributed by atoms with Crippen LogP contribution in [-0.4, -0.2) is 4.98 Å². The highest BCUT2D eigenvalue weighted by Crippen LogP contribution is 2.44. The molecule has 42 heavy (non-hydrogen) atoms. The molecule has 4 nitrogen and oxygen atoms in total. The van der Waals surface area contributed by atoms with Crippen LogP contribution in [0.2, 0.25) is 0 Å². The first kappa shape index (κ1) is 23.3. The van der Waals surface area contributed by atoms with Gasteiger partial charge in [-0.1, -0.05) is 54.6 Å². The minimum Gasteiger partial charge on any atom is -0.456 e. The maximum absolute atomic E-state index is 6.28. The summed E-state index contributed by atoms with van der Waals surface area (Å²) in [6, 6.07) is 46.2. The normalized spacial score (nSPS) is 11.8. The molecule has 0 bridgehead atoms. The van der Waals surface area contributed by atoms with E-state index in [4.69, 9.17) is 13.8 Å². The van der Waals surface area contributed by atoms with Gasteiger partial charge in [-0.3, -0.25) is 0 Å². The minimum absolute atomic E-state index is 0.641. The number of nitrogens with zero attached hydrogens (tertiary/aromatic N) is 2. The molecule has 0 saturated carbocycles. The van der Waals surface area contributed by atoms with Gasteiger partial charge in [0.2, 0.25) is 5.89 Å². The zero-order valence-electron chi connectivity index (χ0n) is 22.3. The van der Waals surface area contributed by atoms with Crippen molar-refractivity contribution in [1.82, 2.24) is 4.98 Å². The molecular weight excluding hydrogens is 536 g/mol. The van der Waals surface area contributed by atoms with Gasteiger partial charge in [0.1, 0.15) is 16.7 Å². The van der Waals surface area contributed by atoms with E-state index in [2.05, 4.69) is 95.9 Å². The van der Waals surface area contributed by atoms with E-state index in [1.807, 2.05) is 42.5 Å². The van der Waals surface area contributed by atoms with Gasteiger partial charge in [0.25, 0.3) is 0 Å².